The molecule has 174 valence electrons. The maximum Gasteiger partial charge on any atom is 0.338 e. The van der Waals surface area contributed by atoms with Crippen LogP contribution in [0.1, 0.15) is 39.6 Å². The van der Waals surface area contributed by atoms with Crippen LogP contribution >= 0.6 is 0 Å². The monoisotopic (exact) mass is 455 g/mol. The van der Waals surface area contributed by atoms with Gasteiger partial charge in [0.15, 0.2) is 0 Å². The van der Waals surface area contributed by atoms with E-state index >= 15 is 0 Å². The molecule has 1 unspecified atom stereocenters. The first kappa shape index (κ1) is 23.6. The number of ether oxygens (including phenoxy) is 1. The minimum Gasteiger partial charge on any atom is -0.480 e. The van der Waals surface area contributed by atoms with Gasteiger partial charge in [0.05, 0.1) is 12.2 Å². The van der Waals surface area contributed by atoms with E-state index in [9.17, 15) is 29.4 Å². The lowest BCUT2D eigenvalue weighted by molar-refractivity contribution is -0.141. The van der Waals surface area contributed by atoms with E-state index in [1.54, 1.807) is 37.3 Å². The van der Waals surface area contributed by atoms with Crippen LogP contribution in [0, 0.1) is 0 Å². The molecule has 1 aliphatic heterocycles. The zero-order valence-corrected chi connectivity index (χ0v) is 18.0. The molecule has 1 aliphatic rings. The van der Waals surface area contributed by atoms with Gasteiger partial charge in [-0.3, -0.25) is 4.79 Å². The second kappa shape index (κ2) is 10.5. The van der Waals surface area contributed by atoms with E-state index in [1.165, 1.54) is 12.1 Å². The Balaban J connectivity index is 1.71. The minimum absolute atomic E-state index is 0.189. The Hall–Kier alpha value is -4.08. The van der Waals surface area contributed by atoms with Crippen molar-refractivity contribution >= 4 is 35.2 Å². The molecule has 0 saturated heterocycles. The number of hydrogen-bond donors (Lipinski definition) is 5. The molecule has 0 saturated carbocycles. The van der Waals surface area contributed by atoms with Gasteiger partial charge in [0, 0.05) is 29.9 Å². The van der Waals surface area contributed by atoms with E-state index in [-0.39, 0.29) is 12.2 Å². The molecule has 2 atom stereocenters. The highest BCUT2D eigenvalue weighted by Crippen LogP contribution is 2.23. The largest absolute Gasteiger partial charge is 0.480 e. The Kier molecular flexibility index (Phi) is 7.50. The van der Waals surface area contributed by atoms with Crippen molar-refractivity contribution in [1.82, 2.24) is 5.32 Å². The van der Waals surface area contributed by atoms with Crippen LogP contribution in [0.25, 0.3) is 0 Å². The van der Waals surface area contributed by atoms with E-state index in [4.69, 9.17) is 4.74 Å². The fraction of sp³-hybridized carbons (Fsp3) is 0.304. The molecule has 0 radical (unpaired) electrons. The summed E-state index contributed by atoms with van der Waals surface area (Å²) in [5, 5.41) is 27.5. The molecule has 0 aliphatic carbocycles. The molecule has 0 bridgehead atoms. The molecule has 0 spiro atoms. The van der Waals surface area contributed by atoms with E-state index in [0.717, 1.165) is 24.2 Å². The average Bonchev–Trinajstić information content (AvgIpc) is 3.26. The Morgan fingerprint density at radius 1 is 1.03 bits per heavy atom. The summed E-state index contributed by atoms with van der Waals surface area (Å²) in [6.45, 7) is 2.62. The number of carbonyl (C=O) groups excluding carboxylic acids is 2. The Morgan fingerprint density at radius 2 is 1.79 bits per heavy atom. The minimum atomic E-state index is -1.45. The summed E-state index contributed by atoms with van der Waals surface area (Å²) in [5.41, 5.74) is 2.71. The quantitative estimate of drug-likeness (QED) is 0.338. The summed E-state index contributed by atoms with van der Waals surface area (Å²) >= 11 is 0. The van der Waals surface area contributed by atoms with Crippen LogP contribution in [0.2, 0.25) is 0 Å². The second-order valence-electron chi connectivity index (χ2n) is 7.49. The number of carboxylic acid groups (broad SMARTS) is 2. The van der Waals surface area contributed by atoms with Gasteiger partial charge in [0.1, 0.15) is 12.1 Å². The number of amides is 1. The number of rotatable bonds is 10. The second-order valence-corrected chi connectivity index (χ2v) is 7.49. The SMILES string of the molecule is CCOC(=O)c1cccc(NC(C[C@H](NC(=O)c2ccc3c(c2)CCN3)C(=O)O)C(=O)O)c1. The van der Waals surface area contributed by atoms with Crippen LogP contribution in [0.4, 0.5) is 11.4 Å². The Morgan fingerprint density at radius 3 is 2.48 bits per heavy atom. The number of nitrogens with one attached hydrogen (secondary N) is 3. The Labute approximate surface area is 189 Å². The van der Waals surface area contributed by atoms with Gasteiger partial charge in [-0.25, -0.2) is 14.4 Å². The predicted octanol–water partition coefficient (Wildman–Crippen LogP) is 1.97. The molecular formula is C23H25N3O7. The number of hydrogen-bond acceptors (Lipinski definition) is 7. The Bertz CT molecular complexity index is 1070. The third-order valence-electron chi connectivity index (χ3n) is 5.16. The molecule has 10 heteroatoms. The molecule has 0 fully saturated rings. The number of fused-ring (bicyclic) bond motifs is 1. The number of aliphatic carboxylic acids is 2. The molecule has 2 aromatic carbocycles. The van der Waals surface area contributed by atoms with Gasteiger partial charge >= 0.3 is 17.9 Å². The van der Waals surface area contributed by atoms with E-state index in [1.807, 2.05) is 0 Å². The van der Waals surface area contributed by atoms with Crippen LogP contribution in [0.5, 0.6) is 0 Å². The van der Waals surface area contributed by atoms with Crippen molar-refractivity contribution in [3.05, 3.63) is 59.2 Å². The lowest BCUT2D eigenvalue weighted by Gasteiger charge is -2.21. The van der Waals surface area contributed by atoms with Gasteiger partial charge in [-0.15, -0.1) is 0 Å². The van der Waals surface area contributed by atoms with Gasteiger partial charge in [0.25, 0.3) is 5.91 Å². The first-order valence-electron chi connectivity index (χ1n) is 10.5. The van der Waals surface area contributed by atoms with Crippen molar-refractivity contribution in [3.8, 4) is 0 Å². The van der Waals surface area contributed by atoms with Gasteiger partial charge < -0.3 is 30.9 Å². The highest BCUT2D eigenvalue weighted by Gasteiger charge is 2.29. The predicted molar refractivity (Wildman–Crippen MR) is 120 cm³/mol. The van der Waals surface area contributed by atoms with Gasteiger partial charge in [0.2, 0.25) is 0 Å². The summed E-state index contributed by atoms with van der Waals surface area (Å²) in [6, 6.07) is 8.27. The lowest BCUT2D eigenvalue weighted by atomic mass is 10.0. The van der Waals surface area contributed by atoms with Crippen LogP contribution in [0.15, 0.2) is 42.5 Å². The van der Waals surface area contributed by atoms with Crippen molar-refractivity contribution in [2.45, 2.75) is 31.8 Å². The first-order chi connectivity index (χ1) is 15.8. The van der Waals surface area contributed by atoms with Crippen LogP contribution in [-0.4, -0.2) is 59.3 Å². The average molecular weight is 455 g/mol. The topological polar surface area (TPSA) is 154 Å². The van der Waals surface area contributed by atoms with Gasteiger partial charge in [-0.2, -0.15) is 0 Å². The van der Waals surface area contributed by atoms with Gasteiger partial charge in [-0.1, -0.05) is 6.07 Å². The van der Waals surface area contributed by atoms with E-state index < -0.39 is 42.3 Å². The normalized spacial score (nSPS) is 13.7. The zero-order valence-electron chi connectivity index (χ0n) is 18.0. The van der Waals surface area contributed by atoms with Crippen LogP contribution in [-0.2, 0) is 20.7 Å². The van der Waals surface area contributed by atoms with E-state index in [2.05, 4.69) is 16.0 Å². The van der Waals surface area contributed by atoms with Crippen molar-refractivity contribution in [2.24, 2.45) is 0 Å². The van der Waals surface area contributed by atoms with Crippen molar-refractivity contribution in [2.75, 3.05) is 23.8 Å². The maximum absolute atomic E-state index is 12.6. The van der Waals surface area contributed by atoms with Crippen molar-refractivity contribution in [3.63, 3.8) is 0 Å². The summed E-state index contributed by atoms with van der Waals surface area (Å²) in [6.07, 6.45) is 0.335. The van der Waals surface area contributed by atoms with Crippen molar-refractivity contribution in [1.29, 1.82) is 0 Å². The molecule has 3 rings (SSSR count). The third-order valence-corrected chi connectivity index (χ3v) is 5.16. The molecule has 2 aromatic rings. The van der Waals surface area contributed by atoms with Crippen molar-refractivity contribution < 1.29 is 34.1 Å². The number of carbonyl (C=O) groups is 4. The summed E-state index contributed by atoms with van der Waals surface area (Å²) in [4.78, 5) is 48.1. The first-order valence-corrected chi connectivity index (χ1v) is 10.5. The summed E-state index contributed by atoms with van der Waals surface area (Å²) in [7, 11) is 0. The number of anilines is 2. The summed E-state index contributed by atoms with van der Waals surface area (Å²) in [5.74, 6) is -3.83. The molecule has 0 aromatic heterocycles. The molecular weight excluding hydrogens is 430 g/mol. The number of carboxylic acids is 2. The fourth-order valence-electron chi connectivity index (χ4n) is 3.52. The molecule has 33 heavy (non-hydrogen) atoms. The third kappa shape index (κ3) is 6.00. The maximum atomic E-state index is 12.6. The van der Waals surface area contributed by atoms with Gasteiger partial charge in [-0.05, 0) is 55.3 Å². The highest BCUT2D eigenvalue weighted by atomic mass is 16.5. The van der Waals surface area contributed by atoms with Crippen LogP contribution in [0.3, 0.4) is 0 Å². The smallest absolute Gasteiger partial charge is 0.338 e. The highest BCUT2D eigenvalue weighted by molar-refractivity contribution is 5.97. The lowest BCUT2D eigenvalue weighted by Crippen LogP contribution is -2.46. The number of esters is 1. The molecule has 5 N–H and O–H groups in total. The van der Waals surface area contributed by atoms with E-state index in [0.29, 0.717) is 11.3 Å². The standard InChI is InChI=1S/C23H25N3O7/c1-2-33-23(32)15-4-3-5-16(11-15)25-18(21(28)29)12-19(22(30)31)26-20(27)14-6-7-17-13(10-14)8-9-24-17/h3-7,10-11,18-19,24-25H,2,8-9,12H2,1H3,(H,26,27)(H,28,29)(H,30,31)/t18?,19-/m0/s1. The zero-order chi connectivity index (χ0) is 24.0. The van der Waals surface area contributed by atoms with Crippen LogP contribution < -0.4 is 16.0 Å². The molecule has 10 nitrogen and oxygen atoms in total. The number of benzene rings is 2. The molecule has 1 heterocycles. The fourth-order valence-corrected chi connectivity index (χ4v) is 3.52. The molecule has 1 amide bonds. The summed E-state index contributed by atoms with van der Waals surface area (Å²) < 4.78 is 4.93.